The van der Waals surface area contributed by atoms with E-state index in [-0.39, 0.29) is 11.9 Å². The molecule has 0 saturated carbocycles. The summed E-state index contributed by atoms with van der Waals surface area (Å²) in [5.41, 5.74) is 12.1. The van der Waals surface area contributed by atoms with Crippen molar-refractivity contribution < 1.29 is 4.39 Å². The normalized spacial score (nSPS) is 12.5. The Bertz CT molecular complexity index is 594. The van der Waals surface area contributed by atoms with Crippen LogP contribution in [0.2, 0.25) is 0 Å². The summed E-state index contributed by atoms with van der Waals surface area (Å²) in [4.78, 5) is 0. The van der Waals surface area contributed by atoms with E-state index in [0.717, 1.165) is 11.1 Å². The fourth-order valence-corrected chi connectivity index (χ4v) is 2.51. The summed E-state index contributed by atoms with van der Waals surface area (Å²) >= 11 is 0. The standard InChI is InChI=1S/C17H20FN/c1-10-5-6-15(11(2)7-10)17(19)14-8-12(3)16(18)13(4)9-14/h5-9,17H,19H2,1-4H3. The molecule has 2 aromatic carbocycles. The first-order valence-corrected chi connectivity index (χ1v) is 6.49. The van der Waals surface area contributed by atoms with Crippen LogP contribution >= 0.6 is 0 Å². The highest BCUT2D eigenvalue weighted by Gasteiger charge is 2.14. The Labute approximate surface area is 114 Å². The van der Waals surface area contributed by atoms with Gasteiger partial charge < -0.3 is 5.73 Å². The molecule has 0 aliphatic rings. The highest BCUT2D eigenvalue weighted by atomic mass is 19.1. The molecule has 1 unspecified atom stereocenters. The summed E-state index contributed by atoms with van der Waals surface area (Å²) in [6.45, 7) is 7.68. The van der Waals surface area contributed by atoms with Crippen molar-refractivity contribution in [3.8, 4) is 0 Å². The van der Waals surface area contributed by atoms with Crippen molar-refractivity contribution in [1.82, 2.24) is 0 Å². The van der Waals surface area contributed by atoms with E-state index in [1.54, 1.807) is 13.8 Å². The number of halogens is 1. The Kier molecular flexibility index (Phi) is 3.72. The third-order valence-corrected chi connectivity index (χ3v) is 3.58. The van der Waals surface area contributed by atoms with Crippen LogP contribution in [0.25, 0.3) is 0 Å². The molecule has 0 aliphatic carbocycles. The molecule has 0 radical (unpaired) electrons. The minimum atomic E-state index is -0.210. The molecule has 2 aromatic rings. The van der Waals surface area contributed by atoms with E-state index in [1.807, 2.05) is 12.1 Å². The second-order valence-corrected chi connectivity index (χ2v) is 5.31. The van der Waals surface area contributed by atoms with Crippen molar-refractivity contribution in [2.24, 2.45) is 5.73 Å². The van der Waals surface area contributed by atoms with Gasteiger partial charge in [-0.1, -0.05) is 35.9 Å². The second kappa shape index (κ2) is 5.14. The van der Waals surface area contributed by atoms with Gasteiger partial charge >= 0.3 is 0 Å². The molecule has 0 aromatic heterocycles. The van der Waals surface area contributed by atoms with E-state index in [1.165, 1.54) is 11.1 Å². The van der Waals surface area contributed by atoms with E-state index in [4.69, 9.17) is 5.73 Å². The molecular formula is C17H20FN. The molecule has 1 nitrogen and oxygen atoms in total. The molecule has 0 heterocycles. The molecule has 1 atom stereocenters. The third-order valence-electron chi connectivity index (χ3n) is 3.58. The summed E-state index contributed by atoms with van der Waals surface area (Å²) in [7, 11) is 0. The first kappa shape index (κ1) is 13.8. The molecule has 0 amide bonds. The molecule has 0 spiro atoms. The van der Waals surface area contributed by atoms with Crippen LogP contribution in [0.1, 0.15) is 39.4 Å². The van der Waals surface area contributed by atoms with Gasteiger partial charge in [0.25, 0.3) is 0 Å². The van der Waals surface area contributed by atoms with Crippen LogP contribution < -0.4 is 5.73 Å². The largest absolute Gasteiger partial charge is 0.320 e. The minimum absolute atomic E-state index is 0.142. The van der Waals surface area contributed by atoms with E-state index in [0.29, 0.717) is 11.1 Å². The molecule has 0 bridgehead atoms. The predicted molar refractivity (Wildman–Crippen MR) is 77.8 cm³/mol. The maximum absolute atomic E-state index is 13.7. The zero-order valence-corrected chi connectivity index (χ0v) is 11.9. The summed E-state index contributed by atoms with van der Waals surface area (Å²) in [5.74, 6) is -0.142. The van der Waals surface area contributed by atoms with Crippen molar-refractivity contribution in [2.75, 3.05) is 0 Å². The van der Waals surface area contributed by atoms with Gasteiger partial charge in [0.05, 0.1) is 6.04 Å². The molecule has 2 N–H and O–H groups in total. The van der Waals surface area contributed by atoms with Crippen LogP contribution in [0, 0.1) is 33.5 Å². The summed E-state index contributed by atoms with van der Waals surface area (Å²) in [5, 5.41) is 0. The maximum atomic E-state index is 13.7. The Hall–Kier alpha value is -1.67. The summed E-state index contributed by atoms with van der Waals surface area (Å²) in [6.07, 6.45) is 0. The zero-order valence-electron chi connectivity index (χ0n) is 11.9. The average Bonchev–Trinajstić information content (AvgIpc) is 2.34. The first-order valence-electron chi connectivity index (χ1n) is 6.49. The van der Waals surface area contributed by atoms with Crippen molar-refractivity contribution in [1.29, 1.82) is 0 Å². The van der Waals surface area contributed by atoms with Crippen molar-refractivity contribution in [2.45, 2.75) is 33.7 Å². The lowest BCUT2D eigenvalue weighted by Gasteiger charge is -2.17. The van der Waals surface area contributed by atoms with E-state index in [2.05, 4.69) is 32.0 Å². The lowest BCUT2D eigenvalue weighted by atomic mass is 9.92. The highest BCUT2D eigenvalue weighted by molar-refractivity contribution is 5.41. The van der Waals surface area contributed by atoms with Gasteiger partial charge in [-0.2, -0.15) is 0 Å². The fraction of sp³-hybridized carbons (Fsp3) is 0.294. The Morgan fingerprint density at radius 1 is 0.895 bits per heavy atom. The fourth-order valence-electron chi connectivity index (χ4n) is 2.51. The van der Waals surface area contributed by atoms with E-state index < -0.39 is 0 Å². The van der Waals surface area contributed by atoms with Crippen LogP contribution in [0.15, 0.2) is 30.3 Å². The number of benzene rings is 2. The predicted octanol–water partition coefficient (Wildman–Crippen LogP) is 4.11. The van der Waals surface area contributed by atoms with Crippen molar-refractivity contribution in [3.05, 3.63) is 69.5 Å². The van der Waals surface area contributed by atoms with Crippen LogP contribution in [-0.4, -0.2) is 0 Å². The summed E-state index contributed by atoms with van der Waals surface area (Å²) in [6, 6.07) is 9.71. The van der Waals surface area contributed by atoms with Crippen LogP contribution in [0.3, 0.4) is 0 Å². The molecule has 2 rings (SSSR count). The highest BCUT2D eigenvalue weighted by Crippen LogP contribution is 2.26. The number of hydrogen-bond acceptors (Lipinski definition) is 1. The van der Waals surface area contributed by atoms with Gasteiger partial charge in [-0.25, -0.2) is 4.39 Å². The van der Waals surface area contributed by atoms with Gasteiger partial charge in [-0.05, 0) is 55.5 Å². The second-order valence-electron chi connectivity index (χ2n) is 5.31. The third kappa shape index (κ3) is 2.69. The van der Waals surface area contributed by atoms with Gasteiger partial charge in [0.15, 0.2) is 0 Å². The number of hydrogen-bond donors (Lipinski definition) is 1. The Morgan fingerprint density at radius 2 is 1.47 bits per heavy atom. The van der Waals surface area contributed by atoms with Crippen LogP contribution in [0.5, 0.6) is 0 Å². The minimum Gasteiger partial charge on any atom is -0.320 e. The molecule has 2 heteroatoms. The maximum Gasteiger partial charge on any atom is 0.129 e. The van der Waals surface area contributed by atoms with Gasteiger partial charge in [-0.15, -0.1) is 0 Å². The lowest BCUT2D eigenvalue weighted by molar-refractivity contribution is 0.607. The average molecular weight is 257 g/mol. The molecule has 19 heavy (non-hydrogen) atoms. The van der Waals surface area contributed by atoms with Gasteiger partial charge in [-0.3, -0.25) is 0 Å². The van der Waals surface area contributed by atoms with Gasteiger partial charge in [0, 0.05) is 0 Å². The Morgan fingerprint density at radius 3 is 2.00 bits per heavy atom. The smallest absolute Gasteiger partial charge is 0.129 e. The molecule has 100 valence electrons. The quantitative estimate of drug-likeness (QED) is 0.861. The molecule has 0 saturated heterocycles. The van der Waals surface area contributed by atoms with Crippen LogP contribution in [-0.2, 0) is 0 Å². The topological polar surface area (TPSA) is 26.0 Å². The summed E-state index contributed by atoms with van der Waals surface area (Å²) < 4.78 is 13.7. The first-order chi connectivity index (χ1) is 8.90. The monoisotopic (exact) mass is 257 g/mol. The van der Waals surface area contributed by atoms with Crippen LogP contribution in [0.4, 0.5) is 4.39 Å². The SMILES string of the molecule is Cc1ccc(C(N)c2cc(C)c(F)c(C)c2)c(C)c1. The number of rotatable bonds is 2. The van der Waals surface area contributed by atoms with E-state index in [9.17, 15) is 4.39 Å². The number of nitrogens with two attached hydrogens (primary N) is 1. The zero-order chi connectivity index (χ0) is 14.2. The van der Waals surface area contributed by atoms with E-state index >= 15 is 0 Å². The number of aryl methyl sites for hydroxylation is 4. The van der Waals surface area contributed by atoms with Crippen molar-refractivity contribution >= 4 is 0 Å². The molecule has 0 fully saturated rings. The van der Waals surface area contributed by atoms with Gasteiger partial charge in [0.2, 0.25) is 0 Å². The Balaban J connectivity index is 2.47. The molecule has 0 aliphatic heterocycles. The van der Waals surface area contributed by atoms with Crippen molar-refractivity contribution in [3.63, 3.8) is 0 Å². The lowest BCUT2D eigenvalue weighted by Crippen LogP contribution is -2.14. The van der Waals surface area contributed by atoms with Gasteiger partial charge in [0.1, 0.15) is 5.82 Å². The molecular weight excluding hydrogens is 237 g/mol.